The van der Waals surface area contributed by atoms with Gasteiger partial charge in [0.05, 0.1) is 6.04 Å². The fourth-order valence-electron chi connectivity index (χ4n) is 2.16. The summed E-state index contributed by atoms with van der Waals surface area (Å²) in [4.78, 5) is 0. The molecule has 0 radical (unpaired) electrons. The standard InChI is InChI=1S/C10H13BrN2S/c11-10-8-6-14-5-4-9(8)13(12-10)7-2-1-3-7/h7H,1-6H2. The highest BCUT2D eigenvalue weighted by atomic mass is 79.9. The van der Waals surface area contributed by atoms with Crippen LogP contribution < -0.4 is 0 Å². The summed E-state index contributed by atoms with van der Waals surface area (Å²) < 4.78 is 3.38. The minimum atomic E-state index is 0.707. The molecular formula is C10H13BrN2S. The van der Waals surface area contributed by atoms with Gasteiger partial charge in [0.2, 0.25) is 0 Å². The third kappa shape index (κ3) is 1.34. The van der Waals surface area contributed by atoms with Crippen LogP contribution in [0, 0.1) is 0 Å². The largest absolute Gasteiger partial charge is 0.265 e. The molecule has 76 valence electrons. The van der Waals surface area contributed by atoms with E-state index in [4.69, 9.17) is 0 Å². The average molecular weight is 273 g/mol. The van der Waals surface area contributed by atoms with Crippen molar-refractivity contribution in [3.05, 3.63) is 15.9 Å². The second kappa shape index (κ2) is 3.56. The molecule has 1 aromatic heterocycles. The summed E-state index contributed by atoms with van der Waals surface area (Å²) >= 11 is 5.60. The smallest absolute Gasteiger partial charge is 0.132 e. The fourth-order valence-corrected chi connectivity index (χ4v) is 3.87. The van der Waals surface area contributed by atoms with Gasteiger partial charge in [-0.1, -0.05) is 0 Å². The van der Waals surface area contributed by atoms with Crippen LogP contribution in [0.5, 0.6) is 0 Å². The molecule has 1 aromatic rings. The third-order valence-corrected chi connectivity index (χ3v) is 4.84. The van der Waals surface area contributed by atoms with Crippen molar-refractivity contribution in [2.24, 2.45) is 0 Å². The molecule has 14 heavy (non-hydrogen) atoms. The molecule has 0 N–H and O–H groups in total. The Morgan fingerprint density at radius 3 is 3.00 bits per heavy atom. The molecule has 2 aliphatic rings. The van der Waals surface area contributed by atoms with E-state index in [0.717, 1.165) is 10.4 Å². The predicted octanol–water partition coefficient (Wildman–Crippen LogP) is 3.16. The Morgan fingerprint density at radius 1 is 1.43 bits per heavy atom. The van der Waals surface area contributed by atoms with Crippen molar-refractivity contribution < 1.29 is 0 Å². The minimum absolute atomic E-state index is 0.707. The number of rotatable bonds is 1. The van der Waals surface area contributed by atoms with Gasteiger partial charge in [0.25, 0.3) is 0 Å². The second-order valence-corrected chi connectivity index (χ2v) is 5.90. The molecule has 0 atom stereocenters. The van der Waals surface area contributed by atoms with Gasteiger partial charge in [0.1, 0.15) is 4.60 Å². The summed E-state index contributed by atoms with van der Waals surface area (Å²) in [6.45, 7) is 0. The quantitative estimate of drug-likeness (QED) is 0.782. The van der Waals surface area contributed by atoms with E-state index in [2.05, 4.69) is 25.7 Å². The Bertz CT molecular complexity index is 357. The summed E-state index contributed by atoms with van der Waals surface area (Å²) in [5, 5.41) is 4.63. The van der Waals surface area contributed by atoms with Crippen molar-refractivity contribution in [2.45, 2.75) is 37.5 Å². The van der Waals surface area contributed by atoms with Crippen LogP contribution in [0.3, 0.4) is 0 Å². The Balaban J connectivity index is 2.02. The predicted molar refractivity (Wildman–Crippen MR) is 62.7 cm³/mol. The normalized spacial score (nSPS) is 21.8. The average Bonchev–Trinajstić information content (AvgIpc) is 2.43. The van der Waals surface area contributed by atoms with Gasteiger partial charge in [-0.25, -0.2) is 0 Å². The van der Waals surface area contributed by atoms with E-state index in [-0.39, 0.29) is 0 Å². The van der Waals surface area contributed by atoms with Gasteiger partial charge in [-0.15, -0.1) is 0 Å². The SMILES string of the molecule is Brc1nn(C2CCC2)c2c1CSCC2. The zero-order valence-electron chi connectivity index (χ0n) is 8.00. The molecule has 3 rings (SSSR count). The molecule has 1 fully saturated rings. The van der Waals surface area contributed by atoms with Crippen LogP contribution in [0.4, 0.5) is 0 Å². The van der Waals surface area contributed by atoms with Crippen molar-refractivity contribution in [1.82, 2.24) is 9.78 Å². The molecule has 2 heterocycles. The first-order valence-corrected chi connectivity index (χ1v) is 7.14. The van der Waals surface area contributed by atoms with Crippen LogP contribution in [-0.2, 0) is 12.2 Å². The Morgan fingerprint density at radius 2 is 2.29 bits per heavy atom. The first kappa shape index (κ1) is 9.28. The lowest BCUT2D eigenvalue weighted by atomic mass is 9.93. The Kier molecular flexibility index (Phi) is 2.36. The molecule has 0 saturated heterocycles. The van der Waals surface area contributed by atoms with E-state index in [9.17, 15) is 0 Å². The van der Waals surface area contributed by atoms with Crippen LogP contribution in [0.25, 0.3) is 0 Å². The lowest BCUT2D eigenvalue weighted by Crippen LogP contribution is -2.21. The van der Waals surface area contributed by atoms with E-state index in [1.807, 2.05) is 11.8 Å². The highest BCUT2D eigenvalue weighted by molar-refractivity contribution is 9.10. The summed E-state index contributed by atoms with van der Waals surface area (Å²) in [6.07, 6.45) is 5.24. The van der Waals surface area contributed by atoms with Crippen LogP contribution in [-0.4, -0.2) is 15.5 Å². The van der Waals surface area contributed by atoms with E-state index >= 15 is 0 Å². The van der Waals surface area contributed by atoms with Crippen LogP contribution >= 0.6 is 27.7 Å². The first-order valence-electron chi connectivity index (χ1n) is 5.20. The summed E-state index contributed by atoms with van der Waals surface area (Å²) in [7, 11) is 0. The molecule has 1 saturated carbocycles. The van der Waals surface area contributed by atoms with Gasteiger partial charge in [-0.05, 0) is 47.4 Å². The van der Waals surface area contributed by atoms with Gasteiger partial charge in [0.15, 0.2) is 0 Å². The third-order valence-electron chi connectivity index (χ3n) is 3.22. The van der Waals surface area contributed by atoms with Crippen molar-refractivity contribution >= 4 is 27.7 Å². The zero-order chi connectivity index (χ0) is 9.54. The lowest BCUT2D eigenvalue weighted by molar-refractivity contribution is 0.282. The maximum atomic E-state index is 4.63. The zero-order valence-corrected chi connectivity index (χ0v) is 10.4. The maximum Gasteiger partial charge on any atom is 0.132 e. The summed E-state index contributed by atoms with van der Waals surface area (Å²) in [5.74, 6) is 2.40. The van der Waals surface area contributed by atoms with E-state index in [0.29, 0.717) is 6.04 Å². The molecule has 0 amide bonds. The highest BCUT2D eigenvalue weighted by Crippen LogP contribution is 2.37. The molecule has 1 aliphatic heterocycles. The van der Waals surface area contributed by atoms with Crippen molar-refractivity contribution in [2.75, 3.05) is 5.75 Å². The van der Waals surface area contributed by atoms with Crippen LogP contribution in [0.1, 0.15) is 36.6 Å². The molecule has 0 bridgehead atoms. The van der Waals surface area contributed by atoms with E-state index in [1.54, 1.807) is 0 Å². The summed E-state index contributed by atoms with van der Waals surface area (Å²) in [6, 6.07) is 0.707. The van der Waals surface area contributed by atoms with Crippen LogP contribution in [0.2, 0.25) is 0 Å². The van der Waals surface area contributed by atoms with Crippen LogP contribution in [0.15, 0.2) is 4.60 Å². The molecule has 0 unspecified atom stereocenters. The van der Waals surface area contributed by atoms with Gasteiger partial charge >= 0.3 is 0 Å². The number of hydrogen-bond donors (Lipinski definition) is 0. The number of halogens is 1. The van der Waals surface area contributed by atoms with Gasteiger partial charge in [0, 0.05) is 17.0 Å². The maximum absolute atomic E-state index is 4.63. The fraction of sp³-hybridized carbons (Fsp3) is 0.700. The second-order valence-electron chi connectivity index (χ2n) is 4.05. The molecule has 4 heteroatoms. The van der Waals surface area contributed by atoms with Gasteiger partial charge in [-0.2, -0.15) is 16.9 Å². The first-order chi connectivity index (χ1) is 6.86. The van der Waals surface area contributed by atoms with E-state index in [1.165, 1.54) is 42.7 Å². The Labute approximate surface area is 96.6 Å². The molecule has 1 aliphatic carbocycles. The number of fused-ring (bicyclic) bond motifs is 1. The van der Waals surface area contributed by atoms with Gasteiger partial charge < -0.3 is 0 Å². The summed E-state index contributed by atoms with van der Waals surface area (Å²) in [5.41, 5.74) is 2.95. The van der Waals surface area contributed by atoms with Crippen molar-refractivity contribution in [3.63, 3.8) is 0 Å². The van der Waals surface area contributed by atoms with Crippen molar-refractivity contribution in [3.8, 4) is 0 Å². The lowest BCUT2D eigenvalue weighted by Gasteiger charge is -2.28. The van der Waals surface area contributed by atoms with Gasteiger partial charge in [-0.3, -0.25) is 4.68 Å². The number of hydrogen-bond acceptors (Lipinski definition) is 2. The van der Waals surface area contributed by atoms with E-state index < -0.39 is 0 Å². The molecular weight excluding hydrogens is 260 g/mol. The monoisotopic (exact) mass is 272 g/mol. The minimum Gasteiger partial charge on any atom is -0.265 e. The highest BCUT2D eigenvalue weighted by Gasteiger charge is 2.27. The number of thioether (sulfide) groups is 1. The Hall–Kier alpha value is 0.0400. The molecule has 2 nitrogen and oxygen atoms in total. The number of nitrogens with zero attached hydrogens (tertiary/aromatic N) is 2. The molecule has 0 aromatic carbocycles. The number of aromatic nitrogens is 2. The molecule has 0 spiro atoms. The topological polar surface area (TPSA) is 17.8 Å². The van der Waals surface area contributed by atoms with Crippen molar-refractivity contribution in [1.29, 1.82) is 0 Å².